The van der Waals surface area contributed by atoms with Gasteiger partial charge in [0.2, 0.25) is 11.8 Å². The molecule has 2 aromatic rings. The fraction of sp³-hybridized carbons (Fsp3) is 0.667. The van der Waals surface area contributed by atoms with Crippen molar-refractivity contribution in [3.8, 4) is 0 Å². The van der Waals surface area contributed by atoms with E-state index in [9.17, 15) is 53.1 Å². The summed E-state index contributed by atoms with van der Waals surface area (Å²) in [6.45, 7) is 0.723. The van der Waals surface area contributed by atoms with E-state index in [2.05, 4.69) is 47.0 Å². The van der Waals surface area contributed by atoms with E-state index in [1.165, 1.54) is 13.8 Å². The molecule has 0 saturated carbocycles. The maximum Gasteiger partial charge on any atom is 0.481 e. The van der Waals surface area contributed by atoms with Crippen LogP contribution in [0.1, 0.15) is 26.5 Å². The molecule has 7 atom stereocenters. The molecule has 0 aromatic carbocycles. The van der Waals surface area contributed by atoms with Crippen molar-refractivity contribution in [3.05, 3.63) is 12.7 Å². The number of imidazole rings is 1. The predicted octanol–water partition coefficient (Wildman–Crippen LogP) is -1.67. The third-order valence-corrected chi connectivity index (χ3v) is 9.83. The van der Waals surface area contributed by atoms with Crippen molar-refractivity contribution in [2.24, 2.45) is 5.41 Å². The van der Waals surface area contributed by atoms with Gasteiger partial charge in [-0.25, -0.2) is 28.6 Å². The Morgan fingerprint density at radius 1 is 1.10 bits per heavy atom. The minimum Gasteiger partial charge on any atom is -0.386 e. The number of carbonyl (C=O) groups is 2. The van der Waals surface area contributed by atoms with E-state index >= 15 is 0 Å². The zero-order chi connectivity index (χ0) is 36.1. The summed E-state index contributed by atoms with van der Waals surface area (Å²) in [6, 6.07) is 0. The molecule has 1 saturated heterocycles. The van der Waals surface area contributed by atoms with Gasteiger partial charge in [-0.3, -0.25) is 27.7 Å². The van der Waals surface area contributed by atoms with Crippen molar-refractivity contribution in [1.29, 1.82) is 0 Å². The summed E-state index contributed by atoms with van der Waals surface area (Å²) in [6.07, 6.45) is -6.74. The zero-order valence-electron chi connectivity index (χ0n) is 25.2. The van der Waals surface area contributed by atoms with Crippen LogP contribution in [0.5, 0.6) is 0 Å². The molecule has 272 valence electrons. The molecule has 1 aliphatic rings. The molecule has 4 unspecified atom stereocenters. The molecular weight excluding hydrogens is 731 g/mol. The molecule has 0 spiro atoms. The highest BCUT2D eigenvalue weighted by Gasteiger charge is 2.50. The first-order valence-electron chi connectivity index (χ1n) is 13.7. The number of nitrogens with one attached hydrogen (secondary N) is 2. The number of phosphoric ester groups is 3. The number of hydrogen-bond donors (Lipinski definition) is 10. The van der Waals surface area contributed by atoms with E-state index in [-0.39, 0.29) is 35.9 Å². The van der Waals surface area contributed by atoms with Crippen LogP contribution < -0.4 is 16.4 Å². The van der Waals surface area contributed by atoms with Gasteiger partial charge in [-0.05, 0) is 0 Å². The Morgan fingerprint density at radius 3 is 2.42 bits per heavy atom. The molecule has 0 radical (unpaired) electrons. The van der Waals surface area contributed by atoms with E-state index in [0.717, 1.165) is 17.2 Å². The van der Waals surface area contributed by atoms with Gasteiger partial charge >= 0.3 is 23.5 Å². The van der Waals surface area contributed by atoms with Crippen molar-refractivity contribution < 1.29 is 75.7 Å². The van der Waals surface area contributed by atoms with Crippen LogP contribution in [0.15, 0.2) is 12.7 Å². The van der Waals surface area contributed by atoms with Gasteiger partial charge in [0, 0.05) is 30.7 Å². The molecule has 2 aromatic heterocycles. The molecule has 23 nitrogen and oxygen atoms in total. The van der Waals surface area contributed by atoms with Crippen molar-refractivity contribution >= 4 is 64.9 Å². The summed E-state index contributed by atoms with van der Waals surface area (Å²) in [4.78, 5) is 74.6. The third kappa shape index (κ3) is 11.2. The summed E-state index contributed by atoms with van der Waals surface area (Å²) in [5.74, 6) is -0.943. The lowest BCUT2D eigenvalue weighted by Gasteiger charge is -2.30. The number of hydrogen-bond acceptors (Lipinski definition) is 17. The van der Waals surface area contributed by atoms with Crippen LogP contribution in [0.2, 0.25) is 0 Å². The molecule has 1 aliphatic heterocycles. The number of nitrogens with two attached hydrogens (primary N) is 1. The van der Waals surface area contributed by atoms with Crippen molar-refractivity contribution in [2.45, 2.75) is 50.9 Å². The van der Waals surface area contributed by atoms with Crippen LogP contribution in [0.4, 0.5) is 5.82 Å². The third-order valence-electron chi connectivity index (χ3n) is 6.51. The summed E-state index contributed by atoms with van der Waals surface area (Å²) in [7, 11) is -16.3. The Bertz CT molecular complexity index is 1590. The van der Waals surface area contributed by atoms with E-state index in [1.54, 1.807) is 0 Å². The maximum absolute atomic E-state index is 12.6. The number of aliphatic hydroxyl groups is 2. The average Bonchev–Trinajstić information content (AvgIpc) is 3.54. The molecule has 3 heterocycles. The number of ether oxygens (including phenoxy) is 1. The number of anilines is 1. The number of rotatable bonds is 18. The highest BCUT2D eigenvalue weighted by molar-refractivity contribution is 7.80. The van der Waals surface area contributed by atoms with Crippen LogP contribution >= 0.6 is 36.1 Å². The van der Waals surface area contributed by atoms with Gasteiger partial charge in [0.05, 0.1) is 19.5 Å². The SMILES string of the molecule is CC(C)(COP(=O)(O)OP(=O)(O)OC[C@H]1O[C@@H](n2cnc3c(N)ncnc32)C(O)[C@H]1OP(=O)(O)O)C(O)C(=O)NCCC(=O)NCCS. The van der Waals surface area contributed by atoms with E-state index in [1.807, 2.05) is 0 Å². The molecule has 2 amide bonds. The van der Waals surface area contributed by atoms with E-state index in [0.29, 0.717) is 12.3 Å². The minimum atomic E-state index is -5.54. The number of carbonyl (C=O) groups excluding carboxylic acids is 2. The number of nitrogens with zero attached hydrogens (tertiary/aromatic N) is 4. The average molecular weight is 768 g/mol. The molecule has 0 bridgehead atoms. The zero-order valence-corrected chi connectivity index (χ0v) is 28.8. The van der Waals surface area contributed by atoms with Gasteiger partial charge in [0.15, 0.2) is 17.7 Å². The highest BCUT2D eigenvalue weighted by atomic mass is 32.1. The van der Waals surface area contributed by atoms with Gasteiger partial charge in [0.1, 0.15) is 36.3 Å². The van der Waals surface area contributed by atoms with Gasteiger partial charge in [-0.15, -0.1) is 0 Å². The quantitative estimate of drug-likeness (QED) is 0.0599. The van der Waals surface area contributed by atoms with Crippen LogP contribution in [0.3, 0.4) is 0 Å². The van der Waals surface area contributed by atoms with Gasteiger partial charge < -0.3 is 50.9 Å². The topological polar surface area (TPSA) is 347 Å². The van der Waals surface area contributed by atoms with Crippen LogP contribution in [0, 0.1) is 5.41 Å². The molecule has 27 heteroatoms. The van der Waals surface area contributed by atoms with E-state index in [4.69, 9.17) is 19.5 Å². The van der Waals surface area contributed by atoms with Crippen LogP contribution in [-0.2, 0) is 45.9 Å². The number of phosphoric acid groups is 3. The van der Waals surface area contributed by atoms with E-state index < -0.39 is 78.6 Å². The summed E-state index contributed by atoms with van der Waals surface area (Å²) >= 11 is 3.95. The number of aromatic nitrogens is 4. The molecule has 10 N–H and O–H groups in total. The molecule has 48 heavy (non-hydrogen) atoms. The Labute approximate surface area is 277 Å². The Kier molecular flexibility index (Phi) is 13.7. The second-order valence-electron chi connectivity index (χ2n) is 10.8. The molecule has 3 rings (SSSR count). The normalized spacial score (nSPS) is 23.4. The van der Waals surface area contributed by atoms with Gasteiger partial charge in [-0.2, -0.15) is 16.9 Å². The lowest BCUT2D eigenvalue weighted by molar-refractivity contribution is -0.137. The lowest BCUT2D eigenvalue weighted by atomic mass is 9.87. The Balaban J connectivity index is 1.61. The maximum atomic E-state index is 12.6. The smallest absolute Gasteiger partial charge is 0.386 e. The molecule has 1 fully saturated rings. The Hall–Kier alpha value is -2.11. The fourth-order valence-corrected chi connectivity index (χ4v) is 7.08. The first-order valence-corrected chi connectivity index (χ1v) is 18.8. The summed E-state index contributed by atoms with van der Waals surface area (Å²) in [5.41, 5.74) is 4.30. The summed E-state index contributed by atoms with van der Waals surface area (Å²) in [5, 5.41) is 26.1. The van der Waals surface area contributed by atoms with Crippen LogP contribution in [0.25, 0.3) is 11.2 Å². The second-order valence-corrected chi connectivity index (χ2v) is 15.5. The number of nitrogen functional groups attached to an aromatic ring is 1. The predicted molar refractivity (Wildman–Crippen MR) is 163 cm³/mol. The number of amides is 2. The molecule has 0 aliphatic carbocycles. The number of fused-ring (bicyclic) bond motifs is 1. The molecular formula is C21H36N7O16P3S. The lowest BCUT2D eigenvalue weighted by Crippen LogP contribution is -2.46. The van der Waals surface area contributed by atoms with Crippen LogP contribution in [-0.4, -0.2) is 118 Å². The van der Waals surface area contributed by atoms with Gasteiger partial charge in [-0.1, -0.05) is 13.8 Å². The first kappa shape index (κ1) is 40.3. The number of aliphatic hydroxyl groups excluding tert-OH is 2. The first-order chi connectivity index (χ1) is 22.2. The van der Waals surface area contributed by atoms with Crippen molar-refractivity contribution in [2.75, 3.05) is 37.8 Å². The van der Waals surface area contributed by atoms with Crippen molar-refractivity contribution in [1.82, 2.24) is 30.2 Å². The minimum absolute atomic E-state index is 0.0363. The number of thiol groups is 1. The highest BCUT2D eigenvalue weighted by Crippen LogP contribution is 2.61. The largest absolute Gasteiger partial charge is 0.481 e. The standard InChI is InChI=1S/C21H36N7O16P3S/c1-21(2,16(31)19(32)24-4-3-12(29)23-5-6-48)8-41-47(38,39)44-46(36,37)40-7-11-15(43-45(33,34)35)14(30)20(42-11)28-10-27-13-17(22)25-9-26-18(13)28/h9-11,14-16,20,30-31,48H,3-8H2,1-2H3,(H,23,29)(H,24,32)(H,36,37)(H,38,39)(H2,22,25,26)(H2,33,34,35)/t11-,14?,15+,16?,20-/m1/s1. The second kappa shape index (κ2) is 16.3. The van der Waals surface area contributed by atoms with Crippen molar-refractivity contribution in [3.63, 3.8) is 0 Å². The summed E-state index contributed by atoms with van der Waals surface area (Å²) < 4.78 is 61.7. The Morgan fingerprint density at radius 2 is 1.77 bits per heavy atom. The monoisotopic (exact) mass is 767 g/mol. The fourth-order valence-electron chi connectivity index (χ4n) is 4.14. The van der Waals surface area contributed by atoms with Gasteiger partial charge in [0.25, 0.3) is 0 Å².